The smallest absolute Gasteiger partial charge is 0.234 e. The van der Waals surface area contributed by atoms with Crippen molar-refractivity contribution in [1.82, 2.24) is 0 Å². The van der Waals surface area contributed by atoms with E-state index in [1.165, 1.54) is 11.8 Å². The van der Waals surface area contributed by atoms with Gasteiger partial charge in [0, 0.05) is 20.7 Å². The van der Waals surface area contributed by atoms with Crippen LogP contribution in [-0.2, 0) is 4.79 Å². The third-order valence-electron chi connectivity index (χ3n) is 2.81. The Hall–Kier alpha value is -1.46. The Labute approximate surface area is 131 Å². The lowest BCUT2D eigenvalue weighted by Crippen LogP contribution is -2.14. The van der Waals surface area contributed by atoms with Crippen molar-refractivity contribution in [3.8, 4) is 0 Å². The van der Waals surface area contributed by atoms with Gasteiger partial charge >= 0.3 is 0 Å². The first-order valence-corrected chi connectivity index (χ1v) is 7.87. The van der Waals surface area contributed by atoms with Crippen LogP contribution in [0.4, 0.5) is 11.4 Å². The fraction of sp³-hybridized carbons (Fsp3) is 0.133. The molecule has 0 bridgehead atoms. The molecule has 20 heavy (non-hydrogen) atoms. The van der Waals surface area contributed by atoms with E-state index in [1.807, 2.05) is 49.4 Å². The highest BCUT2D eigenvalue weighted by molar-refractivity contribution is 9.10. The van der Waals surface area contributed by atoms with E-state index in [-0.39, 0.29) is 5.91 Å². The Kier molecular flexibility index (Phi) is 5.09. The van der Waals surface area contributed by atoms with E-state index in [2.05, 4.69) is 21.2 Å². The van der Waals surface area contributed by atoms with Crippen molar-refractivity contribution < 1.29 is 4.79 Å². The minimum atomic E-state index is -0.0286. The van der Waals surface area contributed by atoms with Crippen LogP contribution in [0, 0.1) is 6.92 Å². The highest BCUT2D eigenvalue weighted by Crippen LogP contribution is 2.26. The summed E-state index contributed by atoms with van der Waals surface area (Å²) < 4.78 is 0.986. The molecule has 104 valence electrons. The molecule has 2 rings (SSSR count). The van der Waals surface area contributed by atoms with Crippen molar-refractivity contribution in [3.63, 3.8) is 0 Å². The molecule has 2 aromatic carbocycles. The summed E-state index contributed by atoms with van der Waals surface area (Å²) in [6, 6.07) is 13.2. The molecule has 5 heteroatoms. The highest BCUT2D eigenvalue weighted by Gasteiger charge is 2.06. The molecule has 0 radical (unpaired) electrons. The van der Waals surface area contributed by atoms with Gasteiger partial charge in [0.05, 0.1) is 5.75 Å². The van der Waals surface area contributed by atoms with E-state index in [9.17, 15) is 4.79 Å². The average Bonchev–Trinajstić information content (AvgIpc) is 2.43. The maximum absolute atomic E-state index is 11.9. The van der Waals surface area contributed by atoms with Gasteiger partial charge in [-0.3, -0.25) is 4.79 Å². The van der Waals surface area contributed by atoms with E-state index < -0.39 is 0 Å². The summed E-state index contributed by atoms with van der Waals surface area (Å²) in [7, 11) is 0. The van der Waals surface area contributed by atoms with Crippen LogP contribution in [-0.4, -0.2) is 11.7 Å². The molecule has 0 heterocycles. The standard InChI is InChI=1S/C15H15BrN2OS/c1-10-13(17)3-2-4-14(10)20-9-15(19)18-12-7-5-11(16)6-8-12/h2-8H,9,17H2,1H3,(H,18,19). The van der Waals surface area contributed by atoms with Crippen LogP contribution in [0.2, 0.25) is 0 Å². The molecule has 0 unspecified atom stereocenters. The van der Waals surface area contributed by atoms with Crippen molar-refractivity contribution in [1.29, 1.82) is 0 Å². The van der Waals surface area contributed by atoms with Crippen LogP contribution < -0.4 is 11.1 Å². The summed E-state index contributed by atoms with van der Waals surface area (Å²) in [5.41, 5.74) is 8.42. The van der Waals surface area contributed by atoms with Crippen LogP contribution >= 0.6 is 27.7 Å². The second-order valence-electron chi connectivity index (χ2n) is 4.31. The topological polar surface area (TPSA) is 55.1 Å². The van der Waals surface area contributed by atoms with Crippen molar-refractivity contribution in [3.05, 3.63) is 52.5 Å². The fourth-order valence-corrected chi connectivity index (χ4v) is 2.79. The van der Waals surface area contributed by atoms with Crippen molar-refractivity contribution in [2.24, 2.45) is 0 Å². The van der Waals surface area contributed by atoms with Gasteiger partial charge in [0.15, 0.2) is 0 Å². The normalized spacial score (nSPS) is 10.3. The largest absolute Gasteiger partial charge is 0.398 e. The molecule has 0 aliphatic rings. The van der Waals surface area contributed by atoms with Crippen LogP contribution in [0.1, 0.15) is 5.56 Å². The molecule has 0 aliphatic heterocycles. The molecular weight excluding hydrogens is 336 g/mol. The lowest BCUT2D eigenvalue weighted by atomic mass is 10.2. The van der Waals surface area contributed by atoms with Gasteiger partial charge in [-0.1, -0.05) is 22.0 Å². The van der Waals surface area contributed by atoms with Crippen molar-refractivity contribution >= 4 is 45.0 Å². The second kappa shape index (κ2) is 6.81. The fourth-order valence-electron chi connectivity index (χ4n) is 1.66. The first kappa shape index (κ1) is 14.9. The van der Waals surface area contributed by atoms with Crippen LogP contribution in [0.3, 0.4) is 0 Å². The van der Waals surface area contributed by atoms with E-state index in [0.29, 0.717) is 5.75 Å². The lowest BCUT2D eigenvalue weighted by Gasteiger charge is -2.08. The number of nitrogens with two attached hydrogens (primary N) is 1. The summed E-state index contributed by atoms with van der Waals surface area (Å²) in [4.78, 5) is 12.9. The predicted octanol–water partition coefficient (Wildman–Crippen LogP) is 4.07. The lowest BCUT2D eigenvalue weighted by molar-refractivity contribution is -0.113. The molecule has 0 spiro atoms. The van der Waals surface area contributed by atoms with E-state index in [1.54, 1.807) is 0 Å². The first-order valence-electron chi connectivity index (χ1n) is 6.09. The monoisotopic (exact) mass is 350 g/mol. The molecule has 0 aliphatic carbocycles. The van der Waals surface area contributed by atoms with Crippen LogP contribution in [0.5, 0.6) is 0 Å². The van der Waals surface area contributed by atoms with Gasteiger partial charge in [-0.05, 0) is 48.9 Å². The number of amides is 1. The van der Waals surface area contributed by atoms with Crippen LogP contribution in [0.15, 0.2) is 51.8 Å². The zero-order valence-corrected chi connectivity index (χ0v) is 13.4. The number of carbonyl (C=O) groups is 1. The van der Waals surface area contributed by atoms with Gasteiger partial charge in [-0.25, -0.2) is 0 Å². The maximum atomic E-state index is 11.9. The van der Waals surface area contributed by atoms with Gasteiger partial charge < -0.3 is 11.1 Å². The zero-order valence-electron chi connectivity index (χ0n) is 11.0. The van der Waals surface area contributed by atoms with Gasteiger partial charge in [-0.15, -0.1) is 11.8 Å². The third kappa shape index (κ3) is 4.02. The number of benzene rings is 2. The van der Waals surface area contributed by atoms with Gasteiger partial charge in [-0.2, -0.15) is 0 Å². The molecule has 1 amide bonds. The predicted molar refractivity (Wildman–Crippen MR) is 89.1 cm³/mol. The summed E-state index contributed by atoms with van der Waals surface area (Å²) >= 11 is 4.85. The number of hydrogen-bond acceptors (Lipinski definition) is 3. The molecule has 3 nitrogen and oxygen atoms in total. The number of nitrogens with one attached hydrogen (secondary N) is 1. The molecular formula is C15H15BrN2OS. The molecule has 0 fully saturated rings. The number of halogens is 1. The van der Waals surface area contributed by atoms with E-state index >= 15 is 0 Å². The maximum Gasteiger partial charge on any atom is 0.234 e. The second-order valence-corrected chi connectivity index (χ2v) is 6.25. The Morgan fingerprint density at radius 1 is 1.25 bits per heavy atom. The summed E-state index contributed by atoms with van der Waals surface area (Å²) in [5.74, 6) is 0.333. The highest BCUT2D eigenvalue weighted by atomic mass is 79.9. The number of thioether (sulfide) groups is 1. The Bertz CT molecular complexity index is 614. The Morgan fingerprint density at radius 2 is 1.95 bits per heavy atom. The Morgan fingerprint density at radius 3 is 2.65 bits per heavy atom. The SMILES string of the molecule is Cc1c(N)cccc1SCC(=O)Nc1ccc(Br)cc1. The Balaban J connectivity index is 1.92. The number of hydrogen-bond donors (Lipinski definition) is 2. The average molecular weight is 351 g/mol. The molecule has 2 aromatic rings. The van der Waals surface area contributed by atoms with Crippen molar-refractivity contribution in [2.75, 3.05) is 16.8 Å². The number of anilines is 2. The number of carbonyl (C=O) groups excluding carboxylic acids is 1. The minimum Gasteiger partial charge on any atom is -0.398 e. The molecule has 3 N–H and O–H groups in total. The van der Waals surface area contributed by atoms with Gasteiger partial charge in [0.2, 0.25) is 5.91 Å². The first-order chi connectivity index (χ1) is 9.56. The molecule has 0 aromatic heterocycles. The minimum absolute atomic E-state index is 0.0286. The molecule has 0 saturated carbocycles. The summed E-state index contributed by atoms with van der Waals surface area (Å²) in [6.45, 7) is 1.96. The quantitative estimate of drug-likeness (QED) is 0.645. The number of rotatable bonds is 4. The zero-order chi connectivity index (χ0) is 14.5. The van der Waals surface area contributed by atoms with Crippen LogP contribution in [0.25, 0.3) is 0 Å². The summed E-state index contributed by atoms with van der Waals surface area (Å²) in [5, 5.41) is 2.86. The van der Waals surface area contributed by atoms with Gasteiger partial charge in [0.1, 0.15) is 0 Å². The van der Waals surface area contributed by atoms with E-state index in [4.69, 9.17) is 5.73 Å². The summed E-state index contributed by atoms with van der Waals surface area (Å²) in [6.07, 6.45) is 0. The van der Waals surface area contributed by atoms with E-state index in [0.717, 1.165) is 26.3 Å². The van der Waals surface area contributed by atoms with Crippen molar-refractivity contribution in [2.45, 2.75) is 11.8 Å². The molecule has 0 saturated heterocycles. The van der Waals surface area contributed by atoms with Gasteiger partial charge in [0.25, 0.3) is 0 Å². The molecule has 0 atom stereocenters. The third-order valence-corrected chi connectivity index (χ3v) is 4.50. The number of nitrogen functional groups attached to an aromatic ring is 1.